The average molecular weight is 368 g/mol. The maximum atomic E-state index is 12.1. The first-order valence-corrected chi connectivity index (χ1v) is 10.5. The lowest BCUT2D eigenvalue weighted by Gasteiger charge is -2.24. The zero-order chi connectivity index (χ0) is 18.1. The summed E-state index contributed by atoms with van der Waals surface area (Å²) in [4.78, 5) is 13.4. The van der Waals surface area contributed by atoms with Crippen LogP contribution in [0.4, 0.5) is 0 Å². The first kappa shape index (κ1) is 19.9. The zero-order valence-corrected chi connectivity index (χ0v) is 15.6. The minimum atomic E-state index is -3.32. The van der Waals surface area contributed by atoms with Gasteiger partial charge in [0.1, 0.15) is 0 Å². The van der Waals surface area contributed by atoms with Crippen LogP contribution in [0.15, 0.2) is 30.3 Å². The SMILES string of the molecule is CC(=O)N(CCNS(=O)(=O)CCCc1ccccc1)CC1CCCO1. The fraction of sp³-hybridized carbons (Fsp3) is 0.611. The molecule has 2 rings (SSSR count). The summed E-state index contributed by atoms with van der Waals surface area (Å²) in [5.74, 6) is 0.0343. The number of nitrogens with one attached hydrogen (secondary N) is 1. The van der Waals surface area contributed by atoms with Crippen molar-refractivity contribution in [2.24, 2.45) is 0 Å². The van der Waals surface area contributed by atoms with E-state index in [1.165, 1.54) is 6.92 Å². The van der Waals surface area contributed by atoms with Crippen LogP contribution in [0.3, 0.4) is 0 Å². The topological polar surface area (TPSA) is 75.7 Å². The fourth-order valence-corrected chi connectivity index (χ4v) is 4.00. The number of carbonyl (C=O) groups is 1. The third-order valence-corrected chi connectivity index (χ3v) is 5.79. The molecule has 0 aromatic heterocycles. The van der Waals surface area contributed by atoms with Gasteiger partial charge in [-0.3, -0.25) is 4.79 Å². The number of sulfonamides is 1. The third kappa shape index (κ3) is 7.54. The van der Waals surface area contributed by atoms with E-state index < -0.39 is 10.0 Å². The van der Waals surface area contributed by atoms with Crippen molar-refractivity contribution in [2.45, 2.75) is 38.7 Å². The Balaban J connectivity index is 1.69. The second kappa shape index (κ2) is 9.89. The fourth-order valence-electron chi connectivity index (χ4n) is 2.93. The lowest BCUT2D eigenvalue weighted by molar-refractivity contribution is -0.130. The summed E-state index contributed by atoms with van der Waals surface area (Å²) in [6, 6.07) is 9.84. The molecule has 0 saturated carbocycles. The molecule has 140 valence electrons. The van der Waals surface area contributed by atoms with Crippen LogP contribution in [0.5, 0.6) is 0 Å². The van der Waals surface area contributed by atoms with Crippen LogP contribution in [-0.2, 0) is 26.0 Å². The summed E-state index contributed by atoms with van der Waals surface area (Å²) in [6.45, 7) is 3.38. The quantitative estimate of drug-likeness (QED) is 0.680. The van der Waals surface area contributed by atoms with Crippen molar-refractivity contribution in [2.75, 3.05) is 32.0 Å². The number of benzene rings is 1. The normalized spacial score (nSPS) is 17.6. The standard InChI is InChI=1S/C18H28N2O4S/c1-16(21)20(15-18-10-5-13-24-18)12-11-19-25(22,23)14-6-9-17-7-3-2-4-8-17/h2-4,7-8,18-19H,5-6,9-15H2,1H3. The Kier molecular flexibility index (Phi) is 7.87. The minimum Gasteiger partial charge on any atom is -0.376 e. The lowest BCUT2D eigenvalue weighted by atomic mass is 10.1. The van der Waals surface area contributed by atoms with E-state index in [2.05, 4.69) is 4.72 Å². The number of nitrogens with zero attached hydrogens (tertiary/aromatic N) is 1. The van der Waals surface area contributed by atoms with Crippen LogP contribution in [0, 0.1) is 0 Å². The highest BCUT2D eigenvalue weighted by Gasteiger charge is 2.21. The molecule has 0 bridgehead atoms. The smallest absolute Gasteiger partial charge is 0.219 e. The molecule has 7 heteroatoms. The first-order chi connectivity index (χ1) is 12.0. The van der Waals surface area contributed by atoms with Crippen molar-refractivity contribution in [3.05, 3.63) is 35.9 Å². The molecule has 1 fully saturated rings. The average Bonchev–Trinajstić information content (AvgIpc) is 3.07. The Labute approximate surface area is 150 Å². The molecule has 1 aliphatic rings. The second-order valence-electron chi connectivity index (χ2n) is 6.40. The second-order valence-corrected chi connectivity index (χ2v) is 8.33. The molecular formula is C18H28N2O4S. The molecule has 1 unspecified atom stereocenters. The summed E-state index contributed by atoms with van der Waals surface area (Å²) >= 11 is 0. The third-order valence-electron chi connectivity index (χ3n) is 4.32. The van der Waals surface area contributed by atoms with Crippen LogP contribution in [0.25, 0.3) is 0 Å². The highest BCUT2D eigenvalue weighted by Crippen LogP contribution is 2.13. The van der Waals surface area contributed by atoms with Crippen LogP contribution in [-0.4, -0.2) is 57.3 Å². The maximum absolute atomic E-state index is 12.1. The van der Waals surface area contributed by atoms with E-state index in [1.807, 2.05) is 30.3 Å². The van der Waals surface area contributed by atoms with Crippen molar-refractivity contribution >= 4 is 15.9 Å². The number of carbonyl (C=O) groups excluding carboxylic acids is 1. The summed E-state index contributed by atoms with van der Waals surface area (Å²) in [5.41, 5.74) is 1.14. The molecule has 25 heavy (non-hydrogen) atoms. The number of hydrogen-bond acceptors (Lipinski definition) is 4. The van der Waals surface area contributed by atoms with Crippen molar-refractivity contribution in [3.63, 3.8) is 0 Å². The van der Waals surface area contributed by atoms with Gasteiger partial charge in [-0.1, -0.05) is 30.3 Å². The van der Waals surface area contributed by atoms with E-state index in [0.717, 1.165) is 31.4 Å². The van der Waals surface area contributed by atoms with Gasteiger partial charge in [0.05, 0.1) is 11.9 Å². The van der Waals surface area contributed by atoms with Crippen LogP contribution < -0.4 is 4.72 Å². The molecule has 0 spiro atoms. The van der Waals surface area contributed by atoms with Gasteiger partial charge in [0, 0.05) is 33.2 Å². The molecule has 1 atom stereocenters. The van der Waals surface area contributed by atoms with E-state index in [1.54, 1.807) is 4.90 Å². The number of amides is 1. The maximum Gasteiger partial charge on any atom is 0.219 e. The van der Waals surface area contributed by atoms with Gasteiger partial charge < -0.3 is 9.64 Å². The summed E-state index contributed by atoms with van der Waals surface area (Å²) < 4.78 is 32.3. The van der Waals surface area contributed by atoms with Gasteiger partial charge in [0.2, 0.25) is 15.9 Å². The molecule has 1 amide bonds. The van der Waals surface area contributed by atoms with Gasteiger partial charge in [-0.05, 0) is 31.2 Å². The summed E-state index contributed by atoms with van der Waals surface area (Å²) in [6.07, 6.45) is 3.36. The van der Waals surface area contributed by atoms with Crippen molar-refractivity contribution in [3.8, 4) is 0 Å². The van der Waals surface area contributed by atoms with Crippen LogP contribution in [0.1, 0.15) is 31.7 Å². The Morgan fingerprint density at radius 3 is 2.72 bits per heavy atom. The van der Waals surface area contributed by atoms with Gasteiger partial charge in [-0.2, -0.15) is 0 Å². The van der Waals surface area contributed by atoms with Crippen molar-refractivity contribution in [1.82, 2.24) is 9.62 Å². The zero-order valence-electron chi connectivity index (χ0n) is 14.8. The highest BCUT2D eigenvalue weighted by atomic mass is 32.2. The van der Waals surface area contributed by atoms with Gasteiger partial charge in [-0.15, -0.1) is 0 Å². The molecular weight excluding hydrogens is 340 g/mol. The summed E-state index contributed by atoms with van der Waals surface area (Å²) in [7, 11) is -3.32. The van der Waals surface area contributed by atoms with Gasteiger partial charge >= 0.3 is 0 Å². The van der Waals surface area contributed by atoms with Crippen molar-refractivity contribution < 1.29 is 17.9 Å². The van der Waals surface area contributed by atoms with E-state index in [-0.39, 0.29) is 24.3 Å². The van der Waals surface area contributed by atoms with E-state index in [4.69, 9.17) is 4.74 Å². The largest absolute Gasteiger partial charge is 0.376 e. The molecule has 1 aliphatic heterocycles. The monoisotopic (exact) mass is 368 g/mol. The van der Waals surface area contributed by atoms with Crippen LogP contribution >= 0.6 is 0 Å². The minimum absolute atomic E-state index is 0.0567. The van der Waals surface area contributed by atoms with Crippen LogP contribution in [0.2, 0.25) is 0 Å². The van der Waals surface area contributed by atoms with E-state index >= 15 is 0 Å². The van der Waals surface area contributed by atoms with Gasteiger partial charge in [0.25, 0.3) is 0 Å². The summed E-state index contributed by atoms with van der Waals surface area (Å²) in [5, 5.41) is 0. The number of aryl methyl sites for hydroxylation is 1. The Hall–Kier alpha value is -1.44. The predicted octanol–water partition coefficient (Wildman–Crippen LogP) is 1.57. The molecule has 0 radical (unpaired) electrons. The number of hydrogen-bond donors (Lipinski definition) is 1. The lowest BCUT2D eigenvalue weighted by Crippen LogP contribution is -2.41. The number of rotatable bonds is 10. The molecule has 1 aromatic rings. The Bertz CT molecular complexity index is 628. The van der Waals surface area contributed by atoms with E-state index in [0.29, 0.717) is 19.5 Å². The molecule has 1 N–H and O–H groups in total. The number of ether oxygens (including phenoxy) is 1. The molecule has 6 nitrogen and oxygen atoms in total. The van der Waals surface area contributed by atoms with Gasteiger partial charge in [-0.25, -0.2) is 13.1 Å². The molecule has 1 heterocycles. The van der Waals surface area contributed by atoms with Gasteiger partial charge in [0.15, 0.2) is 0 Å². The van der Waals surface area contributed by atoms with E-state index in [9.17, 15) is 13.2 Å². The molecule has 0 aliphatic carbocycles. The Morgan fingerprint density at radius 2 is 2.08 bits per heavy atom. The highest BCUT2D eigenvalue weighted by molar-refractivity contribution is 7.89. The Morgan fingerprint density at radius 1 is 1.32 bits per heavy atom. The predicted molar refractivity (Wildman–Crippen MR) is 97.8 cm³/mol. The van der Waals surface area contributed by atoms with Crippen molar-refractivity contribution in [1.29, 1.82) is 0 Å². The molecule has 1 saturated heterocycles. The first-order valence-electron chi connectivity index (χ1n) is 8.84. The molecule has 1 aromatic carbocycles.